The number of hydrogen-bond acceptors (Lipinski definition) is 4. The van der Waals surface area contributed by atoms with E-state index in [0.717, 1.165) is 32.5 Å². The average Bonchev–Trinajstić information content (AvgIpc) is 3.29. The van der Waals surface area contributed by atoms with Crippen LogP contribution in [0.4, 0.5) is 5.13 Å². The van der Waals surface area contributed by atoms with Crippen molar-refractivity contribution in [2.75, 3.05) is 4.90 Å². The van der Waals surface area contributed by atoms with Crippen LogP contribution in [-0.2, 0) is 13.1 Å². The van der Waals surface area contributed by atoms with Crippen LogP contribution in [0, 0.1) is 6.92 Å². The van der Waals surface area contributed by atoms with Crippen molar-refractivity contribution in [3.8, 4) is 0 Å². The highest BCUT2D eigenvalue weighted by Gasteiger charge is 2.24. The number of hydrogen-bond donors (Lipinski definition) is 0. The molecule has 0 saturated heterocycles. The molecular formula is C21H19BrN4OS. The first-order chi connectivity index (χ1) is 13.5. The molecule has 0 atom stereocenters. The van der Waals surface area contributed by atoms with Gasteiger partial charge in [-0.25, -0.2) is 4.98 Å². The lowest BCUT2D eigenvalue weighted by molar-refractivity contribution is 0.0979. The number of nitrogens with zero attached hydrogens (tertiary/aromatic N) is 4. The lowest BCUT2D eigenvalue weighted by Crippen LogP contribution is -2.30. The third-order valence-corrected chi connectivity index (χ3v) is 6.03. The maximum atomic E-state index is 13.4. The molecule has 0 aliphatic carbocycles. The second-order valence-corrected chi connectivity index (χ2v) is 8.40. The summed E-state index contributed by atoms with van der Waals surface area (Å²) in [7, 11) is 0. The minimum absolute atomic E-state index is 0.141. The fraction of sp³-hybridized carbons (Fsp3) is 0.190. The molecule has 0 aliphatic heterocycles. The van der Waals surface area contributed by atoms with Gasteiger partial charge in [0.1, 0.15) is 0 Å². The summed E-state index contributed by atoms with van der Waals surface area (Å²) in [5.41, 5.74) is 3.33. The molecule has 0 spiro atoms. The van der Waals surface area contributed by atoms with Crippen LogP contribution in [0.1, 0.15) is 28.7 Å². The zero-order valence-corrected chi connectivity index (χ0v) is 18.0. The number of aromatic nitrogens is 3. The van der Waals surface area contributed by atoms with E-state index in [9.17, 15) is 4.79 Å². The topological polar surface area (TPSA) is 51.0 Å². The molecule has 0 bridgehead atoms. The standard InChI is InChI=1S/C21H19BrN4OS/c1-3-26-14(2)11-18(24-26)20(27)25(13-15-7-5-4-6-8-15)21-23-17-10-9-16(22)12-19(17)28-21/h4-12H,3,13H2,1-2H3. The van der Waals surface area contributed by atoms with Crippen LogP contribution < -0.4 is 4.90 Å². The van der Waals surface area contributed by atoms with E-state index >= 15 is 0 Å². The number of fused-ring (bicyclic) bond motifs is 1. The van der Waals surface area contributed by atoms with Crippen LogP contribution in [0.5, 0.6) is 0 Å². The van der Waals surface area contributed by atoms with E-state index in [0.29, 0.717) is 17.4 Å². The number of amides is 1. The minimum atomic E-state index is -0.141. The van der Waals surface area contributed by atoms with Gasteiger partial charge in [-0.2, -0.15) is 5.10 Å². The number of benzene rings is 2. The molecule has 7 heteroatoms. The highest BCUT2D eigenvalue weighted by atomic mass is 79.9. The van der Waals surface area contributed by atoms with Crippen LogP contribution in [0.15, 0.2) is 59.1 Å². The highest BCUT2D eigenvalue weighted by molar-refractivity contribution is 9.10. The molecule has 0 N–H and O–H groups in total. The van der Waals surface area contributed by atoms with Gasteiger partial charge < -0.3 is 0 Å². The molecule has 0 saturated carbocycles. The summed E-state index contributed by atoms with van der Waals surface area (Å²) in [4.78, 5) is 19.8. The molecule has 2 aromatic carbocycles. The van der Waals surface area contributed by atoms with Gasteiger partial charge in [0.05, 0.1) is 16.8 Å². The van der Waals surface area contributed by atoms with Gasteiger partial charge in [0.2, 0.25) is 0 Å². The summed E-state index contributed by atoms with van der Waals surface area (Å²) >= 11 is 5.01. The molecule has 5 nitrogen and oxygen atoms in total. The summed E-state index contributed by atoms with van der Waals surface area (Å²) in [5, 5.41) is 5.15. The van der Waals surface area contributed by atoms with Crippen LogP contribution in [0.2, 0.25) is 0 Å². The Balaban J connectivity index is 1.76. The van der Waals surface area contributed by atoms with Gasteiger partial charge in [-0.05, 0) is 43.7 Å². The zero-order valence-electron chi connectivity index (χ0n) is 15.6. The Bertz CT molecular complexity index is 1140. The van der Waals surface area contributed by atoms with Crippen LogP contribution >= 0.6 is 27.3 Å². The van der Waals surface area contributed by atoms with Crippen molar-refractivity contribution in [1.82, 2.24) is 14.8 Å². The van der Waals surface area contributed by atoms with Gasteiger partial charge in [0.15, 0.2) is 10.8 Å². The SMILES string of the molecule is CCn1nc(C(=O)N(Cc2ccccc2)c2nc3ccc(Br)cc3s2)cc1C. The Kier molecular flexibility index (Phi) is 5.28. The van der Waals surface area contributed by atoms with Crippen LogP contribution in [-0.4, -0.2) is 20.7 Å². The number of aryl methyl sites for hydroxylation is 2. The van der Waals surface area contributed by atoms with Gasteiger partial charge in [-0.3, -0.25) is 14.4 Å². The number of anilines is 1. The molecule has 0 fully saturated rings. The molecule has 0 unspecified atom stereocenters. The maximum absolute atomic E-state index is 13.4. The van der Waals surface area contributed by atoms with E-state index in [1.807, 2.05) is 73.1 Å². The predicted octanol–water partition coefficient (Wildman–Crippen LogP) is 5.43. The Morgan fingerprint density at radius 3 is 2.68 bits per heavy atom. The van der Waals surface area contributed by atoms with Crippen molar-refractivity contribution in [2.24, 2.45) is 0 Å². The molecule has 4 aromatic rings. The van der Waals surface area contributed by atoms with Crippen molar-refractivity contribution >= 4 is 48.5 Å². The van der Waals surface area contributed by atoms with E-state index in [1.54, 1.807) is 4.90 Å². The Morgan fingerprint density at radius 1 is 1.18 bits per heavy atom. The Hall–Kier alpha value is -2.51. The maximum Gasteiger partial charge on any atom is 0.280 e. The third kappa shape index (κ3) is 3.72. The first-order valence-corrected chi connectivity index (χ1v) is 10.6. The van der Waals surface area contributed by atoms with E-state index in [1.165, 1.54) is 11.3 Å². The quantitative estimate of drug-likeness (QED) is 0.403. The largest absolute Gasteiger partial charge is 0.280 e. The van der Waals surface area contributed by atoms with Gasteiger partial charge >= 0.3 is 0 Å². The summed E-state index contributed by atoms with van der Waals surface area (Å²) < 4.78 is 3.86. The number of thiazole rings is 1. The summed E-state index contributed by atoms with van der Waals surface area (Å²) in [6.07, 6.45) is 0. The first-order valence-electron chi connectivity index (χ1n) is 9.01. The highest BCUT2D eigenvalue weighted by Crippen LogP contribution is 2.32. The smallest absolute Gasteiger partial charge is 0.278 e. The van der Waals surface area contributed by atoms with Gasteiger partial charge in [0, 0.05) is 16.7 Å². The molecule has 0 aliphatic rings. The third-order valence-electron chi connectivity index (χ3n) is 4.50. The number of halogens is 1. The van der Waals surface area contributed by atoms with Crippen molar-refractivity contribution < 1.29 is 4.79 Å². The van der Waals surface area contributed by atoms with Gasteiger partial charge in [-0.1, -0.05) is 57.6 Å². The zero-order chi connectivity index (χ0) is 19.7. The Labute approximate surface area is 175 Å². The molecule has 0 radical (unpaired) electrons. The minimum Gasteiger partial charge on any atom is -0.278 e. The number of rotatable bonds is 5. The molecule has 1 amide bonds. The summed E-state index contributed by atoms with van der Waals surface area (Å²) in [6.45, 7) is 5.15. The fourth-order valence-corrected chi connectivity index (χ4v) is 4.58. The second kappa shape index (κ2) is 7.85. The van der Waals surface area contributed by atoms with Crippen molar-refractivity contribution in [3.05, 3.63) is 76.0 Å². The summed E-state index contributed by atoms with van der Waals surface area (Å²) in [6, 6.07) is 17.7. The average molecular weight is 455 g/mol. The predicted molar refractivity (Wildman–Crippen MR) is 117 cm³/mol. The Morgan fingerprint density at radius 2 is 1.96 bits per heavy atom. The van der Waals surface area contributed by atoms with Crippen LogP contribution in [0.3, 0.4) is 0 Å². The van der Waals surface area contributed by atoms with E-state index in [-0.39, 0.29) is 5.91 Å². The second-order valence-electron chi connectivity index (χ2n) is 6.47. The molecule has 2 heterocycles. The number of carbonyl (C=O) groups excluding carboxylic acids is 1. The lowest BCUT2D eigenvalue weighted by Gasteiger charge is -2.19. The van der Waals surface area contributed by atoms with Gasteiger partial charge in [-0.15, -0.1) is 0 Å². The fourth-order valence-electron chi connectivity index (χ4n) is 3.07. The van der Waals surface area contributed by atoms with Crippen molar-refractivity contribution in [3.63, 3.8) is 0 Å². The molecule has 4 rings (SSSR count). The molecule has 28 heavy (non-hydrogen) atoms. The van der Waals surface area contributed by atoms with E-state index in [4.69, 9.17) is 4.98 Å². The van der Waals surface area contributed by atoms with Crippen LogP contribution in [0.25, 0.3) is 10.2 Å². The van der Waals surface area contributed by atoms with Crippen molar-refractivity contribution in [2.45, 2.75) is 26.9 Å². The number of carbonyl (C=O) groups is 1. The molecule has 142 valence electrons. The van der Waals surface area contributed by atoms with E-state index < -0.39 is 0 Å². The van der Waals surface area contributed by atoms with E-state index in [2.05, 4.69) is 21.0 Å². The monoisotopic (exact) mass is 454 g/mol. The molecular weight excluding hydrogens is 436 g/mol. The normalized spacial score (nSPS) is 11.1. The lowest BCUT2D eigenvalue weighted by atomic mass is 10.2. The summed E-state index contributed by atoms with van der Waals surface area (Å²) in [5.74, 6) is -0.141. The first kappa shape index (κ1) is 18.8. The van der Waals surface area contributed by atoms with Gasteiger partial charge in [0.25, 0.3) is 5.91 Å². The van der Waals surface area contributed by atoms with Crippen molar-refractivity contribution in [1.29, 1.82) is 0 Å². The molecule has 2 aromatic heterocycles.